The number of rotatable bonds is 5. The maximum atomic E-state index is 12.5. The molecule has 0 aromatic carbocycles. The summed E-state index contributed by atoms with van der Waals surface area (Å²) in [5, 5.41) is 18.0. The number of aliphatic hydroxyl groups excluding tert-OH is 1. The fraction of sp³-hybridized carbons (Fsp3) is 0.857. The molecule has 0 aromatic heterocycles. The molecule has 1 saturated carbocycles. The van der Waals surface area contributed by atoms with E-state index in [0.29, 0.717) is 6.42 Å². The van der Waals surface area contributed by atoms with Crippen molar-refractivity contribution in [1.82, 2.24) is 4.90 Å². The van der Waals surface area contributed by atoms with Crippen molar-refractivity contribution < 1.29 is 19.8 Å². The average Bonchev–Trinajstić information content (AvgIpc) is 2.73. The smallest absolute Gasteiger partial charge is 0.307 e. The Balaban J connectivity index is 2.02. The molecule has 1 amide bonds. The largest absolute Gasteiger partial charge is 0.481 e. The predicted octanol–water partition coefficient (Wildman–Crippen LogP) is 1.11. The van der Waals surface area contributed by atoms with E-state index in [1.54, 1.807) is 0 Å². The zero-order valence-electron chi connectivity index (χ0n) is 11.6. The van der Waals surface area contributed by atoms with E-state index >= 15 is 0 Å². The molecule has 1 unspecified atom stereocenters. The second-order valence-corrected chi connectivity index (χ2v) is 6.31. The molecule has 1 aliphatic carbocycles. The zero-order chi connectivity index (χ0) is 14.2. The first-order valence-corrected chi connectivity index (χ1v) is 7.05. The van der Waals surface area contributed by atoms with Gasteiger partial charge >= 0.3 is 5.97 Å². The lowest BCUT2D eigenvalue weighted by atomic mass is 10.1. The molecule has 1 heterocycles. The van der Waals surface area contributed by atoms with Crippen LogP contribution in [0.5, 0.6) is 0 Å². The van der Waals surface area contributed by atoms with Crippen molar-refractivity contribution in [3.63, 3.8) is 0 Å². The van der Waals surface area contributed by atoms with E-state index in [1.807, 2.05) is 18.7 Å². The van der Waals surface area contributed by atoms with Gasteiger partial charge in [0, 0.05) is 19.2 Å². The molecule has 2 N–H and O–H groups in total. The number of likely N-dealkylation sites (tertiary alicyclic amines) is 1. The number of carbonyl (C=O) groups excluding carboxylic acids is 1. The summed E-state index contributed by atoms with van der Waals surface area (Å²) in [6, 6.07) is 0.186. The lowest BCUT2D eigenvalue weighted by Crippen LogP contribution is -2.37. The predicted molar refractivity (Wildman–Crippen MR) is 69.5 cm³/mol. The highest BCUT2D eigenvalue weighted by molar-refractivity contribution is 5.92. The Morgan fingerprint density at radius 2 is 2.00 bits per heavy atom. The molecule has 2 fully saturated rings. The highest BCUT2D eigenvalue weighted by Gasteiger charge is 2.67. The molecule has 5 nitrogen and oxygen atoms in total. The summed E-state index contributed by atoms with van der Waals surface area (Å²) in [7, 11) is 0. The summed E-state index contributed by atoms with van der Waals surface area (Å²) in [5.41, 5.74) is -0.424. The van der Waals surface area contributed by atoms with Gasteiger partial charge in [0.2, 0.25) is 5.91 Å². The van der Waals surface area contributed by atoms with Gasteiger partial charge in [0.1, 0.15) is 0 Å². The first kappa shape index (κ1) is 14.3. The van der Waals surface area contributed by atoms with Crippen molar-refractivity contribution in [2.24, 2.45) is 17.3 Å². The molecule has 2 aliphatic rings. The topological polar surface area (TPSA) is 77.8 Å². The minimum absolute atomic E-state index is 0.00200. The van der Waals surface area contributed by atoms with E-state index < -0.39 is 17.3 Å². The number of amides is 1. The van der Waals surface area contributed by atoms with Gasteiger partial charge in [0.25, 0.3) is 0 Å². The van der Waals surface area contributed by atoms with Crippen LogP contribution in [0, 0.1) is 17.3 Å². The normalized spacial score (nSPS) is 32.4. The van der Waals surface area contributed by atoms with Crippen LogP contribution in [-0.4, -0.2) is 46.2 Å². The van der Waals surface area contributed by atoms with Crippen LogP contribution in [0.3, 0.4) is 0 Å². The molecule has 3 atom stereocenters. The van der Waals surface area contributed by atoms with E-state index in [1.165, 1.54) is 0 Å². The van der Waals surface area contributed by atoms with Gasteiger partial charge in [-0.15, -0.1) is 0 Å². The van der Waals surface area contributed by atoms with Crippen LogP contribution < -0.4 is 0 Å². The van der Waals surface area contributed by atoms with Crippen molar-refractivity contribution in [2.75, 3.05) is 13.2 Å². The summed E-state index contributed by atoms with van der Waals surface area (Å²) in [4.78, 5) is 25.5. The van der Waals surface area contributed by atoms with Crippen LogP contribution in [0.4, 0.5) is 0 Å². The molecule has 0 aromatic rings. The summed E-state index contributed by atoms with van der Waals surface area (Å²) < 4.78 is 0. The third-order valence-corrected chi connectivity index (χ3v) is 4.72. The molecule has 5 heteroatoms. The molecule has 2 rings (SSSR count). The molecule has 0 radical (unpaired) electrons. The number of aliphatic carboxylic acids is 1. The molecule has 108 valence electrons. The van der Waals surface area contributed by atoms with Gasteiger partial charge < -0.3 is 15.1 Å². The second kappa shape index (κ2) is 5.12. The monoisotopic (exact) mass is 269 g/mol. The molecule has 0 bridgehead atoms. The standard InChI is InChI=1S/C14H23NO4/c1-14(2)10(11(14)13(18)19)12(17)15-7-3-5-9(15)6-4-8-16/h9-11,16H,3-8H2,1-2H3,(H,18,19)/t9?,10-,11+/m1/s1. The Kier molecular flexibility index (Phi) is 3.85. The Bertz CT molecular complexity index is 380. The van der Waals surface area contributed by atoms with Crippen molar-refractivity contribution in [2.45, 2.75) is 45.6 Å². The van der Waals surface area contributed by atoms with Crippen molar-refractivity contribution in [3.8, 4) is 0 Å². The number of nitrogens with zero attached hydrogens (tertiary/aromatic N) is 1. The fourth-order valence-corrected chi connectivity index (χ4v) is 3.49. The first-order valence-electron chi connectivity index (χ1n) is 7.05. The summed E-state index contributed by atoms with van der Waals surface area (Å²) in [6.45, 7) is 4.58. The number of carboxylic acids is 1. The maximum absolute atomic E-state index is 12.5. The Morgan fingerprint density at radius 1 is 1.32 bits per heavy atom. The van der Waals surface area contributed by atoms with E-state index in [2.05, 4.69) is 0 Å². The van der Waals surface area contributed by atoms with Crippen LogP contribution in [0.1, 0.15) is 39.5 Å². The van der Waals surface area contributed by atoms with Crippen LogP contribution in [0.2, 0.25) is 0 Å². The Labute approximate surface area is 113 Å². The second-order valence-electron chi connectivity index (χ2n) is 6.31. The van der Waals surface area contributed by atoms with Crippen molar-refractivity contribution >= 4 is 11.9 Å². The summed E-state index contributed by atoms with van der Waals surface area (Å²) >= 11 is 0. The van der Waals surface area contributed by atoms with E-state index in [4.69, 9.17) is 10.2 Å². The Hall–Kier alpha value is -1.10. The fourth-order valence-electron chi connectivity index (χ4n) is 3.49. The van der Waals surface area contributed by atoms with Gasteiger partial charge in [-0.25, -0.2) is 0 Å². The lowest BCUT2D eigenvalue weighted by Gasteiger charge is -2.25. The summed E-state index contributed by atoms with van der Waals surface area (Å²) in [6.07, 6.45) is 3.46. The van der Waals surface area contributed by atoms with E-state index in [-0.39, 0.29) is 24.5 Å². The summed E-state index contributed by atoms with van der Waals surface area (Å²) in [5.74, 6) is -1.79. The number of hydrogen-bond acceptors (Lipinski definition) is 3. The molecule has 1 saturated heterocycles. The quantitative estimate of drug-likeness (QED) is 0.783. The molecule has 0 spiro atoms. The third-order valence-electron chi connectivity index (χ3n) is 4.72. The van der Waals surface area contributed by atoms with Gasteiger partial charge in [0.05, 0.1) is 11.8 Å². The van der Waals surface area contributed by atoms with Crippen LogP contribution in [0.25, 0.3) is 0 Å². The number of carboxylic acid groups (broad SMARTS) is 1. The van der Waals surface area contributed by atoms with Crippen molar-refractivity contribution in [3.05, 3.63) is 0 Å². The maximum Gasteiger partial charge on any atom is 0.307 e. The molecular formula is C14H23NO4. The number of aliphatic hydroxyl groups is 1. The Morgan fingerprint density at radius 3 is 2.53 bits per heavy atom. The van der Waals surface area contributed by atoms with Crippen molar-refractivity contribution in [1.29, 1.82) is 0 Å². The van der Waals surface area contributed by atoms with Gasteiger partial charge in [-0.1, -0.05) is 13.8 Å². The molecular weight excluding hydrogens is 246 g/mol. The highest BCUT2D eigenvalue weighted by Crippen LogP contribution is 2.59. The van der Waals surface area contributed by atoms with Gasteiger partial charge in [-0.3, -0.25) is 9.59 Å². The van der Waals surface area contributed by atoms with Gasteiger partial charge in [-0.05, 0) is 31.1 Å². The zero-order valence-corrected chi connectivity index (χ0v) is 11.6. The van der Waals surface area contributed by atoms with Crippen LogP contribution >= 0.6 is 0 Å². The average molecular weight is 269 g/mol. The van der Waals surface area contributed by atoms with E-state index in [0.717, 1.165) is 25.8 Å². The third kappa shape index (κ3) is 2.48. The first-order chi connectivity index (χ1) is 8.91. The van der Waals surface area contributed by atoms with Crippen LogP contribution in [-0.2, 0) is 9.59 Å². The SMILES string of the molecule is CC1(C)[C@H](C(=O)O)[C@@H]1C(=O)N1CCCC1CCCO. The minimum Gasteiger partial charge on any atom is -0.481 e. The van der Waals surface area contributed by atoms with Crippen LogP contribution in [0.15, 0.2) is 0 Å². The minimum atomic E-state index is -0.866. The number of hydrogen-bond donors (Lipinski definition) is 2. The van der Waals surface area contributed by atoms with Gasteiger partial charge in [-0.2, -0.15) is 0 Å². The highest BCUT2D eigenvalue weighted by atomic mass is 16.4. The lowest BCUT2D eigenvalue weighted by molar-refractivity contribution is -0.142. The van der Waals surface area contributed by atoms with E-state index in [9.17, 15) is 9.59 Å². The molecule has 1 aliphatic heterocycles. The van der Waals surface area contributed by atoms with Gasteiger partial charge in [0.15, 0.2) is 0 Å². The number of carbonyl (C=O) groups is 2. The molecule has 19 heavy (non-hydrogen) atoms.